The number of carbonyl (C=O) groups excluding carboxylic acids is 1. The summed E-state index contributed by atoms with van der Waals surface area (Å²) in [6.45, 7) is 0.520. The van der Waals surface area contributed by atoms with Crippen LogP contribution in [0.3, 0.4) is 0 Å². The first-order valence-corrected chi connectivity index (χ1v) is 8.32. The Bertz CT molecular complexity index is 545. The molecule has 2 atom stereocenters. The SMILES string of the molecule is O=C(NCc1ccccn1)C12C[C@H]3C[C@@H](CC(Cl)(C3)C1)C2. The Hall–Kier alpha value is -1.09. The quantitative estimate of drug-likeness (QED) is 0.871. The van der Waals surface area contributed by atoms with Crippen LogP contribution in [0.4, 0.5) is 0 Å². The van der Waals surface area contributed by atoms with Crippen molar-refractivity contribution in [2.75, 3.05) is 0 Å². The Morgan fingerprint density at radius 3 is 2.67 bits per heavy atom. The molecule has 4 bridgehead atoms. The maximum absolute atomic E-state index is 12.8. The predicted octanol–water partition coefficient (Wildman–Crippen LogP) is 3.28. The molecule has 0 saturated heterocycles. The Balaban J connectivity index is 1.49. The second-order valence-electron chi connectivity index (χ2n) is 7.40. The van der Waals surface area contributed by atoms with Gasteiger partial charge >= 0.3 is 0 Å². The fourth-order valence-corrected chi connectivity index (χ4v) is 5.97. The van der Waals surface area contributed by atoms with Crippen LogP contribution in [0, 0.1) is 17.3 Å². The number of nitrogens with zero attached hydrogens (tertiary/aromatic N) is 1. The number of nitrogens with one attached hydrogen (secondary N) is 1. The number of alkyl halides is 1. The largest absolute Gasteiger partial charge is 0.350 e. The summed E-state index contributed by atoms with van der Waals surface area (Å²) in [6, 6.07) is 5.79. The average molecular weight is 305 g/mol. The van der Waals surface area contributed by atoms with E-state index in [1.165, 1.54) is 6.42 Å². The van der Waals surface area contributed by atoms with Gasteiger partial charge in [-0.05, 0) is 62.5 Å². The highest BCUT2D eigenvalue weighted by Gasteiger charge is 2.59. The molecule has 5 rings (SSSR count). The van der Waals surface area contributed by atoms with Crippen molar-refractivity contribution in [2.24, 2.45) is 17.3 Å². The van der Waals surface area contributed by atoms with Crippen LogP contribution in [0.1, 0.15) is 44.2 Å². The minimum atomic E-state index is -0.208. The fourth-order valence-electron chi connectivity index (χ4n) is 5.28. The summed E-state index contributed by atoms with van der Waals surface area (Å²) in [5.74, 6) is 1.51. The zero-order valence-electron chi connectivity index (χ0n) is 12.1. The van der Waals surface area contributed by atoms with Crippen LogP contribution in [0.2, 0.25) is 0 Å². The van der Waals surface area contributed by atoms with Crippen LogP contribution in [-0.2, 0) is 11.3 Å². The predicted molar refractivity (Wildman–Crippen MR) is 81.8 cm³/mol. The molecule has 0 aromatic carbocycles. The molecular formula is C17H21ClN2O. The van der Waals surface area contributed by atoms with E-state index in [2.05, 4.69) is 10.3 Å². The molecule has 21 heavy (non-hydrogen) atoms. The van der Waals surface area contributed by atoms with E-state index in [1.807, 2.05) is 18.2 Å². The van der Waals surface area contributed by atoms with E-state index in [4.69, 9.17) is 11.6 Å². The molecule has 4 aliphatic carbocycles. The highest BCUT2D eigenvalue weighted by molar-refractivity contribution is 6.24. The molecule has 4 heteroatoms. The van der Waals surface area contributed by atoms with Crippen molar-refractivity contribution in [1.82, 2.24) is 10.3 Å². The van der Waals surface area contributed by atoms with Crippen LogP contribution in [-0.4, -0.2) is 15.8 Å². The number of rotatable bonds is 3. The summed E-state index contributed by atoms with van der Waals surface area (Å²) >= 11 is 6.79. The van der Waals surface area contributed by atoms with Gasteiger partial charge in [0.15, 0.2) is 0 Å². The molecule has 0 unspecified atom stereocenters. The molecule has 0 radical (unpaired) electrons. The van der Waals surface area contributed by atoms with E-state index in [-0.39, 0.29) is 16.2 Å². The normalized spacial score (nSPS) is 40.2. The van der Waals surface area contributed by atoms with Gasteiger partial charge in [0, 0.05) is 11.1 Å². The number of carbonyl (C=O) groups is 1. The highest BCUT2D eigenvalue weighted by Crippen LogP contribution is 2.63. The first-order chi connectivity index (χ1) is 10.1. The van der Waals surface area contributed by atoms with E-state index in [1.54, 1.807) is 6.20 Å². The van der Waals surface area contributed by atoms with Crippen molar-refractivity contribution in [3.05, 3.63) is 30.1 Å². The molecule has 1 N–H and O–H groups in total. The molecule has 1 heterocycles. The van der Waals surface area contributed by atoms with Gasteiger partial charge in [0.25, 0.3) is 0 Å². The lowest BCUT2D eigenvalue weighted by atomic mass is 9.49. The smallest absolute Gasteiger partial charge is 0.226 e. The molecule has 1 aromatic rings. The minimum absolute atomic E-state index is 0.105. The summed E-state index contributed by atoms with van der Waals surface area (Å²) in [7, 11) is 0. The number of hydrogen-bond donors (Lipinski definition) is 1. The minimum Gasteiger partial charge on any atom is -0.350 e. The van der Waals surface area contributed by atoms with Crippen molar-refractivity contribution >= 4 is 17.5 Å². The lowest BCUT2D eigenvalue weighted by Crippen LogP contribution is -2.58. The lowest BCUT2D eigenvalue weighted by Gasteiger charge is -2.59. The van der Waals surface area contributed by atoms with Gasteiger partial charge in [-0.1, -0.05) is 6.07 Å². The van der Waals surface area contributed by atoms with Gasteiger partial charge in [-0.15, -0.1) is 11.6 Å². The van der Waals surface area contributed by atoms with Crippen LogP contribution in [0.15, 0.2) is 24.4 Å². The van der Waals surface area contributed by atoms with Crippen LogP contribution < -0.4 is 5.32 Å². The van der Waals surface area contributed by atoms with Gasteiger partial charge in [0.05, 0.1) is 17.7 Å². The van der Waals surface area contributed by atoms with Crippen LogP contribution in [0.25, 0.3) is 0 Å². The summed E-state index contributed by atoms with van der Waals surface area (Å²) in [5, 5.41) is 3.11. The summed E-state index contributed by atoms with van der Waals surface area (Å²) in [4.78, 5) is 17.0. The topological polar surface area (TPSA) is 42.0 Å². The number of pyridine rings is 1. The van der Waals surface area contributed by atoms with E-state index in [0.29, 0.717) is 18.4 Å². The first-order valence-electron chi connectivity index (χ1n) is 7.94. The third-order valence-electron chi connectivity index (χ3n) is 5.63. The molecule has 1 amide bonds. The molecule has 1 aromatic heterocycles. The monoisotopic (exact) mass is 304 g/mol. The third-order valence-corrected chi connectivity index (χ3v) is 6.07. The second-order valence-corrected chi connectivity index (χ2v) is 8.20. The Kier molecular flexibility index (Phi) is 3.04. The highest BCUT2D eigenvalue weighted by atomic mass is 35.5. The molecule has 4 aliphatic rings. The molecular weight excluding hydrogens is 284 g/mol. The van der Waals surface area contributed by atoms with E-state index in [9.17, 15) is 4.79 Å². The Labute approximate surface area is 130 Å². The standard InChI is InChI=1S/C17H21ClN2O/c18-17-8-12-5-13(9-17)7-16(6-12,11-17)15(21)20-10-14-3-1-2-4-19-14/h1-4,12-13H,5-11H2,(H,20,21)/t12-,13-,16?,17?/m1/s1. The third kappa shape index (κ3) is 2.36. The summed E-state index contributed by atoms with van der Waals surface area (Å²) in [5.41, 5.74) is 0.705. The van der Waals surface area contributed by atoms with Crippen molar-refractivity contribution in [2.45, 2.75) is 49.9 Å². The van der Waals surface area contributed by atoms with Crippen molar-refractivity contribution in [3.8, 4) is 0 Å². The molecule has 0 aliphatic heterocycles. The molecule has 0 spiro atoms. The summed E-state index contributed by atoms with van der Waals surface area (Å²) < 4.78 is 0. The number of hydrogen-bond acceptors (Lipinski definition) is 2. The van der Waals surface area contributed by atoms with Crippen molar-refractivity contribution < 1.29 is 4.79 Å². The van der Waals surface area contributed by atoms with Gasteiger partial charge in [-0.2, -0.15) is 0 Å². The fraction of sp³-hybridized carbons (Fsp3) is 0.647. The zero-order chi connectivity index (χ0) is 14.5. The second kappa shape index (κ2) is 4.70. The van der Waals surface area contributed by atoms with Crippen LogP contribution in [0.5, 0.6) is 0 Å². The number of aromatic nitrogens is 1. The number of amides is 1. The van der Waals surface area contributed by atoms with E-state index >= 15 is 0 Å². The van der Waals surface area contributed by atoms with Crippen molar-refractivity contribution in [3.63, 3.8) is 0 Å². The molecule has 4 saturated carbocycles. The molecule has 3 nitrogen and oxygen atoms in total. The first kappa shape index (κ1) is 13.6. The van der Waals surface area contributed by atoms with Gasteiger partial charge in [0.2, 0.25) is 5.91 Å². The van der Waals surface area contributed by atoms with Crippen LogP contribution >= 0.6 is 11.6 Å². The Morgan fingerprint density at radius 2 is 2.05 bits per heavy atom. The lowest BCUT2D eigenvalue weighted by molar-refractivity contribution is -0.144. The summed E-state index contributed by atoms with van der Waals surface area (Å²) in [6.07, 6.45) is 8.20. The maximum Gasteiger partial charge on any atom is 0.226 e. The average Bonchev–Trinajstić information content (AvgIpc) is 2.43. The van der Waals surface area contributed by atoms with Gasteiger partial charge < -0.3 is 5.32 Å². The molecule has 112 valence electrons. The van der Waals surface area contributed by atoms with Gasteiger partial charge in [-0.25, -0.2) is 0 Å². The Morgan fingerprint density at radius 1 is 1.29 bits per heavy atom. The maximum atomic E-state index is 12.8. The number of halogens is 1. The van der Waals surface area contributed by atoms with E-state index < -0.39 is 0 Å². The zero-order valence-corrected chi connectivity index (χ0v) is 12.9. The van der Waals surface area contributed by atoms with Gasteiger partial charge in [-0.3, -0.25) is 9.78 Å². The molecule has 4 fully saturated rings. The van der Waals surface area contributed by atoms with Crippen molar-refractivity contribution in [1.29, 1.82) is 0 Å². The van der Waals surface area contributed by atoms with E-state index in [0.717, 1.165) is 37.8 Å². The van der Waals surface area contributed by atoms with Gasteiger partial charge in [0.1, 0.15) is 0 Å².